The van der Waals surface area contributed by atoms with Crippen LogP contribution in [0.25, 0.3) is 0 Å². The van der Waals surface area contributed by atoms with Gasteiger partial charge in [-0.05, 0) is 50.0 Å². The maximum Gasteiger partial charge on any atom is 0.191 e. The number of hydrogen-bond donors (Lipinski definition) is 2. The van der Waals surface area contributed by atoms with E-state index in [1.807, 2.05) is 13.2 Å². The molecule has 0 radical (unpaired) electrons. The van der Waals surface area contributed by atoms with Crippen molar-refractivity contribution < 1.29 is 4.74 Å². The fourth-order valence-corrected chi connectivity index (χ4v) is 5.20. The van der Waals surface area contributed by atoms with Crippen LogP contribution in [0.2, 0.25) is 0 Å². The maximum absolute atomic E-state index is 5.58. The Morgan fingerprint density at radius 2 is 2.07 bits per heavy atom. The lowest BCUT2D eigenvalue weighted by molar-refractivity contribution is 0.0782. The van der Waals surface area contributed by atoms with E-state index in [-0.39, 0.29) is 4.75 Å². The molecule has 0 saturated carbocycles. The van der Waals surface area contributed by atoms with Crippen molar-refractivity contribution in [1.82, 2.24) is 15.6 Å². The molecule has 0 spiro atoms. The van der Waals surface area contributed by atoms with Gasteiger partial charge in [0, 0.05) is 56.9 Å². The highest BCUT2D eigenvalue weighted by molar-refractivity contribution is 8.00. The van der Waals surface area contributed by atoms with Gasteiger partial charge in [-0.3, -0.25) is 4.99 Å². The Bertz CT molecular complexity index is 617. The van der Waals surface area contributed by atoms with Crippen molar-refractivity contribution in [1.29, 1.82) is 0 Å². The molecule has 2 fully saturated rings. The number of rotatable bonds is 6. The van der Waals surface area contributed by atoms with Gasteiger partial charge in [0.1, 0.15) is 5.82 Å². The molecular formula is C21H35N5OS. The number of aromatic nitrogens is 1. The minimum Gasteiger partial charge on any atom is -0.381 e. The lowest BCUT2D eigenvalue weighted by Gasteiger charge is -2.38. The normalized spacial score (nSPS) is 20.8. The average molecular weight is 406 g/mol. The summed E-state index contributed by atoms with van der Waals surface area (Å²) in [5.74, 6) is 3.15. The second-order valence-corrected chi connectivity index (χ2v) is 9.49. The summed E-state index contributed by atoms with van der Waals surface area (Å²) in [6.07, 6.45) is 6.36. The predicted molar refractivity (Wildman–Crippen MR) is 120 cm³/mol. The molecule has 3 heterocycles. The monoisotopic (exact) mass is 405 g/mol. The van der Waals surface area contributed by atoms with Crippen LogP contribution in [0.5, 0.6) is 0 Å². The van der Waals surface area contributed by atoms with E-state index in [2.05, 4.69) is 63.3 Å². The smallest absolute Gasteiger partial charge is 0.191 e. The third kappa shape index (κ3) is 5.77. The van der Waals surface area contributed by atoms with E-state index >= 15 is 0 Å². The second kappa shape index (κ2) is 10.3. The summed E-state index contributed by atoms with van der Waals surface area (Å²) < 4.78 is 5.85. The number of hydrogen-bond acceptors (Lipinski definition) is 5. The number of thioether (sulfide) groups is 1. The zero-order valence-corrected chi connectivity index (χ0v) is 18.4. The lowest BCUT2D eigenvalue weighted by atomic mass is 9.99. The molecule has 2 N–H and O–H groups in total. The molecule has 2 aliphatic heterocycles. The first-order valence-electron chi connectivity index (χ1n) is 10.5. The van der Waals surface area contributed by atoms with E-state index in [4.69, 9.17) is 4.74 Å². The van der Waals surface area contributed by atoms with E-state index in [0.29, 0.717) is 6.04 Å². The minimum absolute atomic E-state index is 0.269. The Kier molecular flexibility index (Phi) is 7.85. The molecule has 0 atom stereocenters. The van der Waals surface area contributed by atoms with Crippen LogP contribution in [0, 0.1) is 6.92 Å². The molecule has 2 saturated heterocycles. The van der Waals surface area contributed by atoms with Crippen LogP contribution in [0.4, 0.5) is 5.82 Å². The van der Waals surface area contributed by atoms with Gasteiger partial charge in [-0.15, -0.1) is 0 Å². The van der Waals surface area contributed by atoms with Gasteiger partial charge in [-0.25, -0.2) is 4.98 Å². The van der Waals surface area contributed by atoms with Gasteiger partial charge < -0.3 is 20.3 Å². The topological polar surface area (TPSA) is 61.8 Å². The van der Waals surface area contributed by atoms with Crippen LogP contribution in [-0.2, 0) is 4.74 Å². The Labute approximate surface area is 173 Å². The number of aliphatic imine (C=N–C) groups is 1. The van der Waals surface area contributed by atoms with Crippen molar-refractivity contribution in [2.24, 2.45) is 4.99 Å². The molecule has 1 aromatic rings. The van der Waals surface area contributed by atoms with E-state index in [0.717, 1.165) is 76.1 Å². The second-order valence-electron chi connectivity index (χ2n) is 7.75. The molecule has 2 aliphatic rings. The molecule has 0 amide bonds. The van der Waals surface area contributed by atoms with Crippen molar-refractivity contribution in [3.05, 3.63) is 23.9 Å². The first-order chi connectivity index (χ1) is 13.6. The van der Waals surface area contributed by atoms with Gasteiger partial charge in [-0.1, -0.05) is 13.0 Å². The van der Waals surface area contributed by atoms with E-state index < -0.39 is 0 Å². The number of pyridine rings is 1. The molecule has 0 unspecified atom stereocenters. The number of aryl methyl sites for hydroxylation is 1. The molecule has 7 heteroatoms. The van der Waals surface area contributed by atoms with Crippen molar-refractivity contribution in [3.8, 4) is 0 Å². The average Bonchev–Trinajstić information content (AvgIpc) is 2.73. The van der Waals surface area contributed by atoms with Crippen LogP contribution in [0.1, 0.15) is 38.2 Å². The van der Waals surface area contributed by atoms with Gasteiger partial charge in [-0.2, -0.15) is 11.8 Å². The Balaban J connectivity index is 1.47. The van der Waals surface area contributed by atoms with Gasteiger partial charge >= 0.3 is 0 Å². The first kappa shape index (κ1) is 21.2. The Hall–Kier alpha value is -1.47. The highest BCUT2D eigenvalue weighted by atomic mass is 32.2. The molecule has 1 aromatic heterocycles. The molecule has 28 heavy (non-hydrogen) atoms. The molecule has 0 aromatic carbocycles. The third-order valence-electron chi connectivity index (χ3n) is 5.71. The van der Waals surface area contributed by atoms with Crippen molar-refractivity contribution in [2.45, 2.75) is 50.3 Å². The van der Waals surface area contributed by atoms with Crippen LogP contribution in [0.3, 0.4) is 0 Å². The first-order valence-corrected chi connectivity index (χ1v) is 11.5. The Morgan fingerprint density at radius 3 is 2.68 bits per heavy atom. The summed E-state index contributed by atoms with van der Waals surface area (Å²) in [7, 11) is 1.87. The molecule has 6 nitrogen and oxygen atoms in total. The standard InChI is InChI=1S/C21H35N5OS/c1-4-28-21(9-13-27-14-10-21)16-24-20(22-3)25-18-7-11-26(12-8-18)19-6-5-17(2)15-23-19/h5-6,15,18H,4,7-14,16H2,1-3H3,(H2,22,24,25). The summed E-state index contributed by atoms with van der Waals surface area (Å²) in [5, 5.41) is 7.23. The van der Waals surface area contributed by atoms with Crippen molar-refractivity contribution in [2.75, 3.05) is 50.5 Å². The van der Waals surface area contributed by atoms with Gasteiger partial charge in [0.25, 0.3) is 0 Å². The SMILES string of the molecule is CCSC1(CNC(=NC)NC2CCN(c3ccc(C)cn3)CC2)CCOCC1. The molecule has 0 bridgehead atoms. The molecular weight excluding hydrogens is 370 g/mol. The highest BCUT2D eigenvalue weighted by Crippen LogP contribution is 2.34. The summed E-state index contributed by atoms with van der Waals surface area (Å²) in [6.45, 7) is 9.05. The zero-order valence-electron chi connectivity index (χ0n) is 17.5. The number of nitrogens with one attached hydrogen (secondary N) is 2. The van der Waals surface area contributed by atoms with E-state index in [1.165, 1.54) is 5.56 Å². The quantitative estimate of drug-likeness (QED) is 0.561. The van der Waals surface area contributed by atoms with Crippen molar-refractivity contribution >= 4 is 23.5 Å². The van der Waals surface area contributed by atoms with Crippen LogP contribution in [-0.4, -0.2) is 67.4 Å². The third-order valence-corrected chi connectivity index (χ3v) is 7.17. The van der Waals surface area contributed by atoms with E-state index in [9.17, 15) is 0 Å². The van der Waals surface area contributed by atoms with Crippen molar-refractivity contribution in [3.63, 3.8) is 0 Å². The number of anilines is 1. The van der Waals surface area contributed by atoms with Gasteiger partial charge in [0.2, 0.25) is 0 Å². The number of ether oxygens (including phenoxy) is 1. The van der Waals surface area contributed by atoms with Gasteiger partial charge in [0.15, 0.2) is 5.96 Å². The largest absolute Gasteiger partial charge is 0.381 e. The minimum atomic E-state index is 0.269. The maximum atomic E-state index is 5.58. The van der Waals surface area contributed by atoms with Crippen LogP contribution < -0.4 is 15.5 Å². The molecule has 0 aliphatic carbocycles. The zero-order chi connectivity index (χ0) is 19.8. The summed E-state index contributed by atoms with van der Waals surface area (Å²) in [5.41, 5.74) is 1.21. The summed E-state index contributed by atoms with van der Waals surface area (Å²) >= 11 is 2.06. The highest BCUT2D eigenvalue weighted by Gasteiger charge is 2.33. The Morgan fingerprint density at radius 1 is 1.32 bits per heavy atom. The number of guanidine groups is 1. The lowest BCUT2D eigenvalue weighted by Crippen LogP contribution is -2.52. The van der Waals surface area contributed by atoms with Gasteiger partial charge in [0.05, 0.1) is 0 Å². The fourth-order valence-electron chi connectivity index (χ4n) is 3.95. The fraction of sp³-hybridized carbons (Fsp3) is 0.714. The van der Waals surface area contributed by atoms with Crippen LogP contribution in [0.15, 0.2) is 23.3 Å². The molecule has 3 rings (SSSR count). The molecule has 156 valence electrons. The summed E-state index contributed by atoms with van der Waals surface area (Å²) in [6, 6.07) is 4.72. The van der Waals surface area contributed by atoms with E-state index in [1.54, 1.807) is 0 Å². The number of nitrogens with zero attached hydrogens (tertiary/aromatic N) is 3. The summed E-state index contributed by atoms with van der Waals surface area (Å²) in [4.78, 5) is 11.4. The number of piperidine rings is 1. The van der Waals surface area contributed by atoms with Crippen LogP contribution >= 0.6 is 11.8 Å². The predicted octanol–water partition coefficient (Wildman–Crippen LogP) is 2.83.